The molecule has 2 N–H and O–H groups in total. The van der Waals surface area contributed by atoms with Gasteiger partial charge in [-0.05, 0) is 62.7 Å². The van der Waals surface area contributed by atoms with Crippen LogP contribution in [0.3, 0.4) is 0 Å². The highest BCUT2D eigenvalue weighted by Crippen LogP contribution is 2.69. The van der Waals surface area contributed by atoms with E-state index in [0.29, 0.717) is 25.7 Å². The van der Waals surface area contributed by atoms with Gasteiger partial charge in [0.2, 0.25) is 0 Å². The number of fused-ring (bicyclic) bond motifs is 5. The lowest BCUT2D eigenvalue weighted by Crippen LogP contribution is -2.68. The van der Waals surface area contributed by atoms with E-state index in [0.717, 1.165) is 19.3 Å². The second-order valence-corrected chi connectivity index (χ2v) is 10.5. The van der Waals surface area contributed by atoms with Crippen LogP contribution in [0, 0.1) is 28.6 Å². The normalized spacial score (nSPS) is 55.6. The largest absolute Gasteiger partial charge is 0.462 e. The molecule has 4 saturated carbocycles. The SMILES string of the molecule is C=CC1(O)CCC2C3CC(F)C4(O)CC(OC(C)=O)CCC4(C)C3CCC21C. The van der Waals surface area contributed by atoms with Gasteiger partial charge in [0.05, 0.1) is 5.60 Å². The third-order valence-electron chi connectivity index (χ3n) is 9.65. The molecule has 0 radical (unpaired) electrons. The van der Waals surface area contributed by atoms with Crippen molar-refractivity contribution in [2.75, 3.05) is 0 Å². The van der Waals surface area contributed by atoms with Gasteiger partial charge in [0.25, 0.3) is 0 Å². The van der Waals surface area contributed by atoms with Crippen LogP contribution in [0.4, 0.5) is 4.39 Å². The molecule has 0 bridgehead atoms. The van der Waals surface area contributed by atoms with E-state index < -0.39 is 28.9 Å². The van der Waals surface area contributed by atoms with Gasteiger partial charge in [-0.1, -0.05) is 19.9 Å². The summed E-state index contributed by atoms with van der Waals surface area (Å²) < 4.78 is 21.0. The monoisotopic (exact) mass is 394 g/mol. The number of halogens is 1. The van der Waals surface area contributed by atoms with Crippen LogP contribution in [0.25, 0.3) is 0 Å². The lowest BCUT2D eigenvalue weighted by Gasteiger charge is -2.65. The highest BCUT2D eigenvalue weighted by molar-refractivity contribution is 5.66. The summed E-state index contributed by atoms with van der Waals surface area (Å²) in [5.74, 6) is 0.274. The van der Waals surface area contributed by atoms with Gasteiger partial charge in [0.15, 0.2) is 0 Å². The molecular weight excluding hydrogens is 359 g/mol. The van der Waals surface area contributed by atoms with Crippen LogP contribution in [0.2, 0.25) is 0 Å². The molecule has 0 aromatic rings. The van der Waals surface area contributed by atoms with Crippen molar-refractivity contribution in [2.45, 2.75) is 95.6 Å². The molecule has 9 unspecified atom stereocenters. The number of hydrogen-bond donors (Lipinski definition) is 2. The zero-order chi connectivity index (χ0) is 20.5. The van der Waals surface area contributed by atoms with Crippen LogP contribution in [-0.2, 0) is 9.53 Å². The molecule has 5 heteroatoms. The number of alkyl halides is 1. The van der Waals surface area contributed by atoms with Crippen LogP contribution >= 0.6 is 0 Å². The molecule has 0 aliphatic heterocycles. The highest BCUT2D eigenvalue weighted by atomic mass is 19.1. The van der Waals surface area contributed by atoms with Crippen molar-refractivity contribution in [3.63, 3.8) is 0 Å². The predicted molar refractivity (Wildman–Crippen MR) is 104 cm³/mol. The van der Waals surface area contributed by atoms with Crippen LogP contribution < -0.4 is 0 Å². The summed E-state index contributed by atoms with van der Waals surface area (Å²) in [7, 11) is 0. The summed E-state index contributed by atoms with van der Waals surface area (Å²) in [6, 6.07) is 0. The number of esters is 1. The lowest BCUT2D eigenvalue weighted by molar-refractivity contribution is -0.254. The summed E-state index contributed by atoms with van der Waals surface area (Å²) in [5.41, 5.74) is -3.12. The molecule has 0 aromatic carbocycles. The Morgan fingerprint density at radius 2 is 1.71 bits per heavy atom. The number of carbonyl (C=O) groups excluding carboxylic acids is 1. The zero-order valence-corrected chi connectivity index (χ0v) is 17.4. The van der Waals surface area contributed by atoms with Crippen molar-refractivity contribution in [1.82, 2.24) is 0 Å². The Hall–Kier alpha value is -0.940. The van der Waals surface area contributed by atoms with Crippen LogP contribution in [0.15, 0.2) is 12.7 Å². The Labute approximate surface area is 167 Å². The Bertz CT molecular complexity index is 682. The van der Waals surface area contributed by atoms with Crippen molar-refractivity contribution >= 4 is 5.97 Å². The quantitative estimate of drug-likeness (QED) is 0.550. The fourth-order valence-corrected chi connectivity index (χ4v) is 7.91. The van der Waals surface area contributed by atoms with E-state index in [1.165, 1.54) is 6.92 Å². The molecule has 0 spiro atoms. The number of rotatable bonds is 2. The van der Waals surface area contributed by atoms with Gasteiger partial charge in [0.1, 0.15) is 17.9 Å². The Morgan fingerprint density at radius 1 is 1.11 bits per heavy atom. The molecule has 4 aliphatic carbocycles. The lowest BCUT2D eigenvalue weighted by atomic mass is 9.42. The zero-order valence-electron chi connectivity index (χ0n) is 17.4. The van der Waals surface area contributed by atoms with Crippen molar-refractivity contribution < 1.29 is 24.1 Å². The number of hydrogen-bond acceptors (Lipinski definition) is 4. The first-order valence-corrected chi connectivity index (χ1v) is 10.9. The maximum Gasteiger partial charge on any atom is 0.302 e. The van der Waals surface area contributed by atoms with E-state index in [-0.39, 0.29) is 35.6 Å². The van der Waals surface area contributed by atoms with Crippen LogP contribution in [-0.4, -0.2) is 39.7 Å². The summed E-state index contributed by atoms with van der Waals surface area (Å²) in [6.45, 7) is 9.45. The topological polar surface area (TPSA) is 66.8 Å². The fraction of sp³-hybridized carbons (Fsp3) is 0.870. The van der Waals surface area contributed by atoms with Crippen LogP contribution in [0.5, 0.6) is 0 Å². The molecule has 0 saturated heterocycles. The number of aliphatic hydroxyl groups is 2. The van der Waals surface area contributed by atoms with Crippen LogP contribution in [0.1, 0.15) is 72.1 Å². The molecule has 158 valence electrons. The Morgan fingerprint density at radius 3 is 2.36 bits per heavy atom. The average Bonchev–Trinajstić information content (AvgIpc) is 2.89. The standard InChI is InChI=1S/C23H35FO4/c1-5-22(26)11-8-17-16-12-19(24)23(27)13-15(28-14(2)25)6-9-21(23,4)18(16)7-10-20(17,22)3/h5,15-19,26-27H,1,6-13H2,2-4H3. The van der Waals surface area contributed by atoms with E-state index >= 15 is 4.39 Å². The first kappa shape index (κ1) is 20.3. The van der Waals surface area contributed by atoms with Gasteiger partial charge in [0, 0.05) is 24.2 Å². The third-order valence-corrected chi connectivity index (χ3v) is 9.65. The molecule has 4 nitrogen and oxygen atoms in total. The van der Waals surface area contributed by atoms with Gasteiger partial charge in [-0.25, -0.2) is 4.39 Å². The van der Waals surface area contributed by atoms with E-state index in [1.54, 1.807) is 6.08 Å². The predicted octanol–water partition coefficient (Wildman–Crippen LogP) is 3.94. The van der Waals surface area contributed by atoms with Gasteiger partial charge < -0.3 is 14.9 Å². The summed E-state index contributed by atoms with van der Waals surface area (Å²) in [5, 5.41) is 22.7. The molecule has 0 aromatic heterocycles. The third kappa shape index (κ3) is 2.44. The van der Waals surface area contributed by atoms with Gasteiger partial charge >= 0.3 is 5.97 Å². The minimum atomic E-state index is -1.45. The molecule has 9 atom stereocenters. The fourth-order valence-electron chi connectivity index (χ4n) is 7.91. The van der Waals surface area contributed by atoms with Crippen molar-refractivity contribution in [3.05, 3.63) is 12.7 Å². The van der Waals surface area contributed by atoms with Crippen molar-refractivity contribution in [1.29, 1.82) is 0 Å². The molecule has 28 heavy (non-hydrogen) atoms. The smallest absolute Gasteiger partial charge is 0.302 e. The second kappa shape index (κ2) is 6.28. The first-order valence-electron chi connectivity index (χ1n) is 10.9. The second-order valence-electron chi connectivity index (χ2n) is 10.5. The maximum absolute atomic E-state index is 15.6. The first-order chi connectivity index (χ1) is 13.0. The maximum atomic E-state index is 15.6. The highest BCUT2D eigenvalue weighted by Gasteiger charge is 2.69. The van der Waals surface area contributed by atoms with E-state index in [9.17, 15) is 15.0 Å². The molecule has 0 heterocycles. The molecule has 4 aliphatic rings. The van der Waals surface area contributed by atoms with Crippen molar-refractivity contribution in [2.24, 2.45) is 28.6 Å². The van der Waals surface area contributed by atoms with Gasteiger partial charge in [-0.2, -0.15) is 0 Å². The molecule has 4 fully saturated rings. The summed E-state index contributed by atoms with van der Waals surface area (Å²) >= 11 is 0. The number of ether oxygens (including phenoxy) is 1. The molecule has 0 amide bonds. The van der Waals surface area contributed by atoms with Crippen molar-refractivity contribution in [3.8, 4) is 0 Å². The molecule has 4 rings (SSSR count). The van der Waals surface area contributed by atoms with Gasteiger partial charge in [-0.15, -0.1) is 6.58 Å². The molecular formula is C23H35FO4. The number of carbonyl (C=O) groups is 1. The van der Waals surface area contributed by atoms with E-state index in [4.69, 9.17) is 4.74 Å². The average molecular weight is 395 g/mol. The van der Waals surface area contributed by atoms with E-state index in [1.807, 2.05) is 0 Å². The van der Waals surface area contributed by atoms with Gasteiger partial charge in [-0.3, -0.25) is 4.79 Å². The minimum absolute atomic E-state index is 0.165. The summed E-state index contributed by atoms with van der Waals surface area (Å²) in [6.07, 6.45) is 5.15. The minimum Gasteiger partial charge on any atom is -0.462 e. The Kier molecular flexibility index (Phi) is 4.56. The van der Waals surface area contributed by atoms with E-state index in [2.05, 4.69) is 20.4 Å². The summed E-state index contributed by atoms with van der Waals surface area (Å²) in [4.78, 5) is 11.4. The Balaban J connectivity index is 1.65.